The first kappa shape index (κ1) is 13.6. The van der Waals surface area contributed by atoms with Crippen molar-refractivity contribution in [1.82, 2.24) is 15.5 Å². The van der Waals surface area contributed by atoms with Crippen LogP contribution in [-0.4, -0.2) is 65.6 Å². The van der Waals surface area contributed by atoms with Crippen LogP contribution in [0.1, 0.15) is 0 Å². The Morgan fingerprint density at radius 3 is 2.94 bits per heavy atom. The highest BCUT2D eigenvalue weighted by atomic mass is 32.2. The van der Waals surface area contributed by atoms with E-state index in [0.717, 1.165) is 10.7 Å². The predicted molar refractivity (Wildman–Crippen MR) is 62.9 cm³/mol. The van der Waals surface area contributed by atoms with E-state index in [-0.39, 0.29) is 19.0 Å². The van der Waals surface area contributed by atoms with Crippen LogP contribution >= 0.6 is 11.8 Å². The molecular formula is C9H15N3O4S. The van der Waals surface area contributed by atoms with E-state index >= 15 is 0 Å². The summed E-state index contributed by atoms with van der Waals surface area (Å²) < 4.78 is 0. The molecule has 0 bridgehead atoms. The zero-order valence-electron chi connectivity index (χ0n) is 9.43. The molecular weight excluding hydrogens is 246 g/mol. The molecule has 3 amide bonds. The molecule has 96 valence electrons. The molecule has 0 spiro atoms. The summed E-state index contributed by atoms with van der Waals surface area (Å²) in [5, 5.41) is 13.9. The number of nitrogens with one attached hydrogen (secondary N) is 2. The van der Waals surface area contributed by atoms with Crippen LogP contribution in [0.5, 0.6) is 0 Å². The number of thioether (sulfide) groups is 1. The summed E-state index contributed by atoms with van der Waals surface area (Å²) in [7, 11) is 0. The number of carbonyl (C=O) groups is 3. The minimum absolute atomic E-state index is 0.0515. The molecule has 0 aliphatic carbocycles. The number of hydrogen-bond donors (Lipinski definition) is 3. The number of piperazine rings is 1. The van der Waals surface area contributed by atoms with Crippen LogP contribution in [0.2, 0.25) is 0 Å². The van der Waals surface area contributed by atoms with Crippen LogP contribution in [0.15, 0.2) is 0 Å². The zero-order valence-corrected chi connectivity index (χ0v) is 10.2. The minimum atomic E-state index is -1.12. The highest BCUT2D eigenvalue weighted by Crippen LogP contribution is 2.04. The summed E-state index contributed by atoms with van der Waals surface area (Å²) in [5.74, 6) is -0.726. The van der Waals surface area contributed by atoms with Crippen molar-refractivity contribution < 1.29 is 19.5 Å². The number of aliphatic carboxylic acids is 1. The number of nitrogens with zero attached hydrogens (tertiary/aromatic N) is 1. The molecule has 3 N–H and O–H groups in total. The summed E-state index contributed by atoms with van der Waals surface area (Å²) in [6.45, 7) is 0.177. The van der Waals surface area contributed by atoms with Crippen molar-refractivity contribution in [3.8, 4) is 0 Å². The van der Waals surface area contributed by atoms with Crippen molar-refractivity contribution in [2.75, 3.05) is 31.6 Å². The van der Waals surface area contributed by atoms with Gasteiger partial charge in [-0.25, -0.2) is 9.59 Å². The van der Waals surface area contributed by atoms with Gasteiger partial charge in [-0.1, -0.05) is 0 Å². The van der Waals surface area contributed by atoms with Crippen molar-refractivity contribution in [1.29, 1.82) is 0 Å². The fourth-order valence-corrected chi connectivity index (χ4v) is 1.74. The molecule has 1 atom stereocenters. The van der Waals surface area contributed by atoms with Gasteiger partial charge in [0.15, 0.2) is 0 Å². The normalized spacial score (nSPS) is 19.7. The van der Waals surface area contributed by atoms with E-state index < -0.39 is 18.0 Å². The number of hydrogen-bond acceptors (Lipinski definition) is 4. The van der Waals surface area contributed by atoms with Crippen molar-refractivity contribution in [3.63, 3.8) is 0 Å². The Labute approximate surface area is 103 Å². The number of urea groups is 1. The fourth-order valence-electron chi connectivity index (χ4n) is 1.44. The summed E-state index contributed by atoms with van der Waals surface area (Å²) in [6, 6.07) is -1.51. The van der Waals surface area contributed by atoms with Gasteiger partial charge in [0.2, 0.25) is 5.91 Å². The Balaban J connectivity index is 2.59. The summed E-state index contributed by atoms with van der Waals surface area (Å²) in [6.07, 6.45) is 1.90. The molecule has 1 aliphatic heterocycles. The molecule has 7 nitrogen and oxygen atoms in total. The first-order chi connectivity index (χ1) is 8.06. The number of amides is 3. The Morgan fingerprint density at radius 1 is 1.65 bits per heavy atom. The van der Waals surface area contributed by atoms with Crippen molar-refractivity contribution in [2.24, 2.45) is 0 Å². The Bertz CT molecular complexity index is 323. The number of carbonyl (C=O) groups excluding carboxylic acids is 2. The second-order valence-electron chi connectivity index (χ2n) is 3.51. The molecule has 17 heavy (non-hydrogen) atoms. The van der Waals surface area contributed by atoms with Crippen LogP contribution in [0.25, 0.3) is 0 Å². The molecule has 1 rings (SSSR count). The predicted octanol–water partition coefficient (Wildman–Crippen LogP) is -1.06. The molecule has 1 heterocycles. The lowest BCUT2D eigenvalue weighted by atomic mass is 10.2. The van der Waals surface area contributed by atoms with E-state index in [4.69, 9.17) is 5.11 Å². The first-order valence-corrected chi connectivity index (χ1v) is 6.48. The average molecular weight is 261 g/mol. The SMILES string of the molecule is CSCCNC(=O)N1CC(=O)NCC1C(=O)O. The number of rotatable bonds is 4. The fraction of sp³-hybridized carbons (Fsp3) is 0.667. The Hall–Kier alpha value is -1.44. The molecule has 0 aromatic heterocycles. The van der Waals surface area contributed by atoms with Crippen LogP contribution in [0, 0.1) is 0 Å². The first-order valence-electron chi connectivity index (χ1n) is 5.09. The molecule has 0 aromatic carbocycles. The lowest BCUT2D eigenvalue weighted by molar-refractivity contribution is -0.144. The molecule has 0 radical (unpaired) electrons. The third-order valence-electron chi connectivity index (χ3n) is 2.31. The lowest BCUT2D eigenvalue weighted by Crippen LogP contribution is -2.61. The molecule has 1 saturated heterocycles. The summed E-state index contributed by atoms with van der Waals surface area (Å²) >= 11 is 1.57. The third-order valence-corrected chi connectivity index (χ3v) is 2.92. The summed E-state index contributed by atoms with van der Waals surface area (Å²) in [4.78, 5) is 34.8. The topological polar surface area (TPSA) is 98.7 Å². The highest BCUT2D eigenvalue weighted by Gasteiger charge is 2.34. The van der Waals surface area contributed by atoms with Gasteiger partial charge < -0.3 is 15.7 Å². The van der Waals surface area contributed by atoms with Gasteiger partial charge in [-0.05, 0) is 6.26 Å². The zero-order chi connectivity index (χ0) is 12.8. The number of carboxylic acids is 1. The van der Waals surface area contributed by atoms with Gasteiger partial charge in [0, 0.05) is 18.8 Å². The van der Waals surface area contributed by atoms with Gasteiger partial charge in [-0.2, -0.15) is 11.8 Å². The van der Waals surface area contributed by atoms with E-state index in [2.05, 4.69) is 10.6 Å². The molecule has 8 heteroatoms. The van der Waals surface area contributed by atoms with Crippen LogP contribution in [-0.2, 0) is 9.59 Å². The van der Waals surface area contributed by atoms with Crippen LogP contribution in [0.4, 0.5) is 4.79 Å². The maximum Gasteiger partial charge on any atom is 0.328 e. The van der Waals surface area contributed by atoms with E-state index in [9.17, 15) is 14.4 Å². The number of carboxylic acid groups (broad SMARTS) is 1. The van der Waals surface area contributed by atoms with Crippen molar-refractivity contribution in [2.45, 2.75) is 6.04 Å². The average Bonchev–Trinajstić information content (AvgIpc) is 2.28. The quantitative estimate of drug-likeness (QED) is 0.561. The van der Waals surface area contributed by atoms with Crippen LogP contribution in [0.3, 0.4) is 0 Å². The highest BCUT2D eigenvalue weighted by molar-refractivity contribution is 7.98. The molecule has 0 aromatic rings. The minimum Gasteiger partial charge on any atom is -0.480 e. The van der Waals surface area contributed by atoms with E-state index in [1.165, 1.54) is 0 Å². The largest absolute Gasteiger partial charge is 0.480 e. The van der Waals surface area contributed by atoms with Gasteiger partial charge in [0.05, 0.1) is 0 Å². The molecule has 0 saturated carbocycles. The van der Waals surface area contributed by atoms with Gasteiger partial charge in [-0.3, -0.25) is 9.69 Å². The maximum atomic E-state index is 11.7. The van der Waals surface area contributed by atoms with E-state index in [0.29, 0.717) is 6.54 Å². The Morgan fingerprint density at radius 2 is 2.35 bits per heavy atom. The second-order valence-corrected chi connectivity index (χ2v) is 4.50. The van der Waals surface area contributed by atoms with Crippen molar-refractivity contribution in [3.05, 3.63) is 0 Å². The molecule has 1 aliphatic rings. The third kappa shape index (κ3) is 3.81. The smallest absolute Gasteiger partial charge is 0.328 e. The van der Waals surface area contributed by atoms with E-state index in [1.807, 2.05) is 6.26 Å². The standard InChI is InChI=1S/C9H15N3O4S/c1-17-3-2-10-9(16)12-5-7(13)11-4-6(12)8(14)15/h6H,2-5H2,1H3,(H,10,16)(H,11,13)(H,14,15). The molecule has 1 unspecified atom stereocenters. The van der Waals surface area contributed by atoms with Gasteiger partial charge in [-0.15, -0.1) is 0 Å². The maximum absolute atomic E-state index is 11.7. The molecule has 1 fully saturated rings. The van der Waals surface area contributed by atoms with Gasteiger partial charge in [0.25, 0.3) is 0 Å². The second kappa shape index (κ2) is 6.33. The van der Waals surface area contributed by atoms with E-state index in [1.54, 1.807) is 11.8 Å². The van der Waals surface area contributed by atoms with Gasteiger partial charge >= 0.3 is 12.0 Å². The Kier molecular flexibility index (Phi) is 5.08. The van der Waals surface area contributed by atoms with Crippen LogP contribution < -0.4 is 10.6 Å². The lowest BCUT2D eigenvalue weighted by Gasteiger charge is -2.32. The van der Waals surface area contributed by atoms with Gasteiger partial charge in [0.1, 0.15) is 12.6 Å². The monoisotopic (exact) mass is 261 g/mol. The van der Waals surface area contributed by atoms with Crippen molar-refractivity contribution >= 4 is 29.7 Å². The summed E-state index contributed by atoms with van der Waals surface area (Å²) in [5.41, 5.74) is 0.